The lowest BCUT2D eigenvalue weighted by atomic mass is 10.1. The van der Waals surface area contributed by atoms with Crippen LogP contribution in [0.5, 0.6) is 0 Å². The summed E-state index contributed by atoms with van der Waals surface area (Å²) in [5.74, 6) is -1.08. The predicted octanol–water partition coefficient (Wildman–Crippen LogP) is 3.08. The van der Waals surface area contributed by atoms with E-state index in [1.54, 1.807) is 19.1 Å². The Balaban J connectivity index is 2.39. The zero-order valence-electron chi connectivity index (χ0n) is 13.3. The number of amides is 1. The summed E-state index contributed by atoms with van der Waals surface area (Å²) >= 11 is 11.9. The largest absolute Gasteiger partial charge is 0.467 e. The van der Waals surface area contributed by atoms with Crippen molar-refractivity contribution in [3.8, 4) is 0 Å². The van der Waals surface area contributed by atoms with Crippen molar-refractivity contribution in [2.45, 2.75) is 13.0 Å². The van der Waals surface area contributed by atoms with Crippen LogP contribution in [-0.2, 0) is 9.53 Å². The van der Waals surface area contributed by atoms with Gasteiger partial charge in [0.2, 0.25) is 0 Å². The number of ether oxygens (including phenoxy) is 1. The van der Waals surface area contributed by atoms with Gasteiger partial charge in [0.1, 0.15) is 5.69 Å². The minimum absolute atomic E-state index is 0.122. The van der Waals surface area contributed by atoms with E-state index in [2.05, 4.69) is 9.97 Å². The van der Waals surface area contributed by atoms with Crippen molar-refractivity contribution in [1.82, 2.24) is 14.9 Å². The number of esters is 1. The number of likely N-dealkylation sites (N-methyl/N-ethyl adjacent to an activating group) is 1. The van der Waals surface area contributed by atoms with Crippen molar-refractivity contribution < 1.29 is 14.3 Å². The Labute approximate surface area is 149 Å². The van der Waals surface area contributed by atoms with E-state index in [1.807, 2.05) is 0 Å². The van der Waals surface area contributed by atoms with Crippen LogP contribution >= 0.6 is 23.2 Å². The SMILES string of the molecule is COC(=O)[C@@H](c1ccc(Cl)c(Cl)c1)N(C)C(=O)c1cnc(C)cn1. The van der Waals surface area contributed by atoms with Crippen LogP contribution in [-0.4, -0.2) is 40.9 Å². The van der Waals surface area contributed by atoms with Crippen molar-refractivity contribution in [3.05, 3.63) is 57.6 Å². The van der Waals surface area contributed by atoms with Crippen LogP contribution < -0.4 is 0 Å². The molecule has 2 aromatic rings. The third kappa shape index (κ3) is 3.83. The lowest BCUT2D eigenvalue weighted by molar-refractivity contribution is -0.145. The fourth-order valence-electron chi connectivity index (χ4n) is 2.11. The number of rotatable bonds is 4. The number of aromatic nitrogens is 2. The minimum atomic E-state index is -0.986. The van der Waals surface area contributed by atoms with Crippen molar-refractivity contribution in [2.75, 3.05) is 14.2 Å². The van der Waals surface area contributed by atoms with E-state index < -0.39 is 17.9 Å². The van der Waals surface area contributed by atoms with Gasteiger partial charge in [0, 0.05) is 13.2 Å². The molecular formula is C16H15Cl2N3O3. The van der Waals surface area contributed by atoms with Crippen LogP contribution in [0.15, 0.2) is 30.6 Å². The summed E-state index contributed by atoms with van der Waals surface area (Å²) in [6.45, 7) is 1.76. The summed E-state index contributed by atoms with van der Waals surface area (Å²) in [5.41, 5.74) is 1.28. The van der Waals surface area contributed by atoms with Gasteiger partial charge in [-0.3, -0.25) is 9.78 Å². The highest BCUT2D eigenvalue weighted by atomic mass is 35.5. The van der Waals surface area contributed by atoms with E-state index >= 15 is 0 Å². The number of benzene rings is 1. The highest BCUT2D eigenvalue weighted by molar-refractivity contribution is 6.42. The molecule has 0 fully saturated rings. The first-order valence-corrected chi connectivity index (χ1v) is 7.69. The molecule has 0 spiro atoms. The molecule has 24 heavy (non-hydrogen) atoms. The second-order valence-corrected chi connectivity index (χ2v) is 5.87. The summed E-state index contributed by atoms with van der Waals surface area (Å²) in [5, 5.41) is 0.626. The first-order valence-electron chi connectivity index (χ1n) is 6.93. The van der Waals surface area contributed by atoms with Gasteiger partial charge >= 0.3 is 5.97 Å². The van der Waals surface area contributed by atoms with Crippen LogP contribution in [0.4, 0.5) is 0 Å². The third-order valence-corrected chi connectivity index (χ3v) is 4.13. The summed E-state index contributed by atoms with van der Waals surface area (Å²) < 4.78 is 4.82. The molecular weight excluding hydrogens is 353 g/mol. The number of hydrogen-bond acceptors (Lipinski definition) is 5. The molecule has 0 bridgehead atoms. The van der Waals surface area contributed by atoms with Crippen LogP contribution in [0, 0.1) is 6.92 Å². The van der Waals surface area contributed by atoms with Gasteiger partial charge < -0.3 is 9.64 Å². The number of methoxy groups -OCH3 is 1. The number of nitrogens with zero attached hydrogens (tertiary/aromatic N) is 3. The van der Waals surface area contributed by atoms with E-state index in [0.29, 0.717) is 16.3 Å². The number of carbonyl (C=O) groups excluding carboxylic acids is 2. The molecule has 1 atom stereocenters. The highest BCUT2D eigenvalue weighted by Gasteiger charge is 2.31. The van der Waals surface area contributed by atoms with Gasteiger partial charge in [-0.2, -0.15) is 0 Å². The Bertz CT molecular complexity index is 766. The molecule has 0 N–H and O–H groups in total. The maximum atomic E-state index is 12.6. The molecule has 1 aromatic heterocycles. The Hall–Kier alpha value is -2.18. The molecule has 8 heteroatoms. The molecule has 0 aliphatic heterocycles. The van der Waals surface area contributed by atoms with E-state index in [4.69, 9.17) is 27.9 Å². The van der Waals surface area contributed by atoms with Gasteiger partial charge in [-0.05, 0) is 24.6 Å². The lowest BCUT2D eigenvalue weighted by Gasteiger charge is -2.26. The van der Waals surface area contributed by atoms with Crippen LogP contribution in [0.2, 0.25) is 10.0 Å². The van der Waals surface area contributed by atoms with Crippen molar-refractivity contribution in [2.24, 2.45) is 0 Å². The van der Waals surface area contributed by atoms with E-state index in [0.717, 1.165) is 0 Å². The summed E-state index contributed by atoms with van der Waals surface area (Å²) in [7, 11) is 2.73. The molecule has 0 unspecified atom stereocenters. The first kappa shape index (κ1) is 18.2. The summed E-state index contributed by atoms with van der Waals surface area (Å²) in [6, 6.07) is 3.70. The summed E-state index contributed by atoms with van der Waals surface area (Å²) in [6.07, 6.45) is 2.84. The zero-order valence-corrected chi connectivity index (χ0v) is 14.8. The van der Waals surface area contributed by atoms with E-state index in [1.165, 1.54) is 37.5 Å². The monoisotopic (exact) mass is 367 g/mol. The molecule has 0 aliphatic carbocycles. The fourth-order valence-corrected chi connectivity index (χ4v) is 2.42. The summed E-state index contributed by atoms with van der Waals surface area (Å²) in [4.78, 5) is 34.1. The molecule has 1 heterocycles. The third-order valence-electron chi connectivity index (χ3n) is 3.39. The van der Waals surface area contributed by atoms with Crippen LogP contribution in [0.3, 0.4) is 0 Å². The maximum Gasteiger partial charge on any atom is 0.333 e. The standard InChI is InChI=1S/C16H15Cl2N3O3/c1-9-7-20-13(8-19-9)15(22)21(2)14(16(23)24-3)10-4-5-11(17)12(18)6-10/h4-8,14H,1-3H3/t14-/m1/s1. The Morgan fingerprint density at radius 3 is 2.42 bits per heavy atom. The van der Waals surface area contributed by atoms with Crippen molar-refractivity contribution >= 4 is 35.1 Å². The number of carbonyl (C=O) groups is 2. The van der Waals surface area contributed by atoms with Crippen molar-refractivity contribution in [1.29, 1.82) is 0 Å². The normalized spacial score (nSPS) is 11.7. The predicted molar refractivity (Wildman–Crippen MR) is 90.1 cm³/mol. The first-order chi connectivity index (χ1) is 11.3. The molecule has 0 aliphatic rings. The molecule has 126 valence electrons. The highest BCUT2D eigenvalue weighted by Crippen LogP contribution is 2.29. The fraction of sp³-hybridized carbons (Fsp3) is 0.250. The van der Waals surface area contributed by atoms with Gasteiger partial charge in [-0.15, -0.1) is 0 Å². The molecule has 1 amide bonds. The molecule has 0 saturated heterocycles. The molecule has 0 saturated carbocycles. The maximum absolute atomic E-state index is 12.6. The minimum Gasteiger partial charge on any atom is -0.467 e. The van der Waals surface area contributed by atoms with Crippen LogP contribution in [0.25, 0.3) is 0 Å². The second-order valence-electron chi connectivity index (χ2n) is 5.06. The number of hydrogen-bond donors (Lipinski definition) is 0. The topological polar surface area (TPSA) is 72.4 Å². The average Bonchev–Trinajstić information content (AvgIpc) is 2.58. The molecule has 1 aromatic carbocycles. The van der Waals surface area contributed by atoms with Gasteiger partial charge in [0.25, 0.3) is 5.91 Å². The van der Waals surface area contributed by atoms with E-state index in [9.17, 15) is 9.59 Å². The quantitative estimate of drug-likeness (QED) is 0.776. The van der Waals surface area contributed by atoms with Gasteiger partial charge in [-0.25, -0.2) is 9.78 Å². The van der Waals surface area contributed by atoms with E-state index in [-0.39, 0.29) is 10.7 Å². The molecule has 2 rings (SSSR count). The molecule has 6 nitrogen and oxygen atoms in total. The Morgan fingerprint density at radius 1 is 1.17 bits per heavy atom. The number of aryl methyl sites for hydroxylation is 1. The Kier molecular flexibility index (Phi) is 5.75. The average molecular weight is 368 g/mol. The van der Waals surface area contributed by atoms with Crippen molar-refractivity contribution in [3.63, 3.8) is 0 Å². The van der Waals surface area contributed by atoms with Gasteiger partial charge in [-0.1, -0.05) is 29.3 Å². The smallest absolute Gasteiger partial charge is 0.333 e. The van der Waals surface area contributed by atoms with Gasteiger partial charge in [0.15, 0.2) is 6.04 Å². The van der Waals surface area contributed by atoms with Crippen LogP contribution in [0.1, 0.15) is 27.8 Å². The Morgan fingerprint density at radius 2 is 1.88 bits per heavy atom. The second kappa shape index (κ2) is 7.59. The number of halogens is 2. The zero-order chi connectivity index (χ0) is 17.9. The lowest BCUT2D eigenvalue weighted by Crippen LogP contribution is -2.37. The molecule has 0 radical (unpaired) electrons. The van der Waals surface area contributed by atoms with Gasteiger partial charge in [0.05, 0.1) is 29.0 Å².